The third kappa shape index (κ3) is 2.64. The van der Waals surface area contributed by atoms with E-state index in [4.69, 9.17) is 0 Å². The Morgan fingerprint density at radius 1 is 1.23 bits per heavy atom. The van der Waals surface area contributed by atoms with Crippen LogP contribution < -0.4 is 11.0 Å². The molecule has 0 aliphatic heterocycles. The molecule has 7 nitrogen and oxygen atoms in total. The van der Waals surface area contributed by atoms with Crippen molar-refractivity contribution < 1.29 is 5.11 Å². The van der Waals surface area contributed by atoms with Crippen LogP contribution >= 0.6 is 0 Å². The van der Waals surface area contributed by atoms with Crippen LogP contribution in [0.15, 0.2) is 46.3 Å². The number of benzene rings is 2. The quantitative estimate of drug-likeness (QED) is 0.505. The van der Waals surface area contributed by atoms with Gasteiger partial charge >= 0.3 is 0 Å². The zero-order chi connectivity index (χ0) is 15.5. The highest BCUT2D eigenvalue weighted by Crippen LogP contribution is 2.25. The number of rotatable bonds is 3. The number of anilines is 1. The van der Waals surface area contributed by atoms with Crippen LogP contribution in [0.25, 0.3) is 10.8 Å². The molecule has 0 saturated heterocycles. The maximum absolute atomic E-state index is 11.4. The van der Waals surface area contributed by atoms with Gasteiger partial charge in [-0.05, 0) is 23.8 Å². The van der Waals surface area contributed by atoms with Crippen molar-refractivity contribution in [2.24, 2.45) is 5.10 Å². The molecule has 0 aliphatic carbocycles. The molecule has 22 heavy (non-hydrogen) atoms. The highest BCUT2D eigenvalue weighted by atomic mass is 16.3. The number of hydrogen-bond donors (Lipinski definition) is 3. The van der Waals surface area contributed by atoms with Crippen molar-refractivity contribution in [3.05, 3.63) is 58.0 Å². The third-order valence-electron chi connectivity index (χ3n) is 3.17. The van der Waals surface area contributed by atoms with Crippen molar-refractivity contribution in [3.63, 3.8) is 0 Å². The summed E-state index contributed by atoms with van der Waals surface area (Å²) in [5, 5.41) is 23.3. The minimum absolute atomic E-state index is 0.118. The lowest BCUT2D eigenvalue weighted by Gasteiger charge is -2.04. The highest BCUT2D eigenvalue weighted by Gasteiger charge is 2.04. The molecule has 1 aromatic heterocycles. The van der Waals surface area contributed by atoms with Gasteiger partial charge in [0.1, 0.15) is 11.4 Å². The summed E-state index contributed by atoms with van der Waals surface area (Å²) < 4.78 is 0. The summed E-state index contributed by atoms with van der Waals surface area (Å²) in [4.78, 5) is 13.9. The van der Waals surface area contributed by atoms with Gasteiger partial charge in [0.05, 0.1) is 6.21 Å². The van der Waals surface area contributed by atoms with Gasteiger partial charge in [0, 0.05) is 5.56 Å². The first-order valence-electron chi connectivity index (χ1n) is 6.58. The highest BCUT2D eigenvalue weighted by molar-refractivity contribution is 6.02. The van der Waals surface area contributed by atoms with Gasteiger partial charge in [0.15, 0.2) is 0 Å². The summed E-state index contributed by atoms with van der Waals surface area (Å²) in [5.41, 5.74) is 3.11. The van der Waals surface area contributed by atoms with Crippen LogP contribution in [0.4, 0.5) is 5.95 Å². The average Bonchev–Trinajstić information content (AvgIpc) is 2.53. The summed E-state index contributed by atoms with van der Waals surface area (Å²) in [6.45, 7) is 1.56. The van der Waals surface area contributed by atoms with Crippen LogP contribution in [0, 0.1) is 6.92 Å². The molecule has 0 saturated carbocycles. The van der Waals surface area contributed by atoms with Crippen LogP contribution in [0.1, 0.15) is 11.3 Å². The monoisotopic (exact) mass is 295 g/mol. The standard InChI is InChI=1S/C15H13N5O2/c1-9-14(22)17-15(20-18-9)19-16-8-12-11-5-3-2-4-10(11)6-7-13(12)21/h2-8,21H,1H3,(H2,17,19,20,22)/b16-8+. The second kappa shape index (κ2) is 5.65. The summed E-state index contributed by atoms with van der Waals surface area (Å²) in [7, 11) is 0. The topological polar surface area (TPSA) is 103 Å². The summed E-state index contributed by atoms with van der Waals surface area (Å²) in [6, 6.07) is 11.1. The van der Waals surface area contributed by atoms with Gasteiger partial charge < -0.3 is 5.11 Å². The van der Waals surface area contributed by atoms with E-state index in [-0.39, 0.29) is 23.0 Å². The van der Waals surface area contributed by atoms with Crippen LogP contribution in [0.2, 0.25) is 0 Å². The zero-order valence-electron chi connectivity index (χ0n) is 11.7. The molecule has 0 atom stereocenters. The van der Waals surface area contributed by atoms with Gasteiger partial charge in [0.2, 0.25) is 5.95 Å². The Bertz CT molecular complexity index is 917. The number of phenolic OH excluding ortho intramolecular Hbond substituents is 1. The molecule has 0 radical (unpaired) electrons. The number of hydrazone groups is 1. The maximum atomic E-state index is 11.4. The number of nitrogens with zero attached hydrogens (tertiary/aromatic N) is 3. The van der Waals surface area contributed by atoms with Crippen molar-refractivity contribution in [1.29, 1.82) is 0 Å². The molecule has 3 aromatic rings. The number of aromatic nitrogens is 3. The van der Waals surface area contributed by atoms with E-state index in [2.05, 4.69) is 25.7 Å². The molecule has 0 unspecified atom stereocenters. The largest absolute Gasteiger partial charge is 0.507 e. The molecule has 0 spiro atoms. The fourth-order valence-corrected chi connectivity index (χ4v) is 2.02. The van der Waals surface area contributed by atoms with Crippen molar-refractivity contribution in [1.82, 2.24) is 15.2 Å². The number of hydrogen-bond acceptors (Lipinski definition) is 6. The van der Waals surface area contributed by atoms with Crippen molar-refractivity contribution >= 4 is 22.9 Å². The molecule has 2 aromatic carbocycles. The predicted molar refractivity (Wildman–Crippen MR) is 84.2 cm³/mol. The lowest BCUT2D eigenvalue weighted by Crippen LogP contribution is -2.15. The Hall–Kier alpha value is -3.22. The van der Waals surface area contributed by atoms with E-state index in [1.54, 1.807) is 13.0 Å². The minimum atomic E-state index is -0.333. The number of nitrogens with one attached hydrogen (secondary N) is 2. The number of phenols is 1. The molecular weight excluding hydrogens is 282 g/mol. The lowest BCUT2D eigenvalue weighted by molar-refractivity contribution is 0.475. The molecule has 0 bridgehead atoms. The third-order valence-corrected chi connectivity index (χ3v) is 3.17. The molecule has 0 fully saturated rings. The summed E-state index contributed by atoms with van der Waals surface area (Å²) in [5.74, 6) is 0.249. The molecule has 0 amide bonds. The maximum Gasteiger partial charge on any atom is 0.274 e. The van der Waals surface area contributed by atoms with Crippen LogP contribution in [-0.2, 0) is 0 Å². The number of aryl methyl sites for hydroxylation is 1. The first kappa shape index (κ1) is 13.7. The Labute approximate surface area is 125 Å². The Morgan fingerprint density at radius 3 is 2.86 bits per heavy atom. The van der Waals surface area contributed by atoms with Gasteiger partial charge in [-0.25, -0.2) is 5.43 Å². The minimum Gasteiger partial charge on any atom is -0.507 e. The first-order valence-corrected chi connectivity index (χ1v) is 6.58. The van der Waals surface area contributed by atoms with E-state index >= 15 is 0 Å². The normalized spacial score (nSPS) is 11.1. The molecule has 110 valence electrons. The van der Waals surface area contributed by atoms with Crippen molar-refractivity contribution in [3.8, 4) is 5.75 Å². The van der Waals surface area contributed by atoms with Crippen LogP contribution in [0.5, 0.6) is 5.75 Å². The SMILES string of the molecule is Cc1nnc(N/N=C/c2c(O)ccc3ccccc23)[nH]c1=O. The molecule has 1 heterocycles. The van der Waals surface area contributed by atoms with Gasteiger partial charge in [-0.15, -0.1) is 10.2 Å². The average molecular weight is 295 g/mol. The summed E-state index contributed by atoms with van der Waals surface area (Å²) in [6.07, 6.45) is 1.47. The van der Waals surface area contributed by atoms with Crippen molar-refractivity contribution in [2.75, 3.05) is 5.43 Å². The summed E-state index contributed by atoms with van der Waals surface area (Å²) >= 11 is 0. The Balaban J connectivity index is 1.91. The van der Waals surface area contributed by atoms with Crippen molar-refractivity contribution in [2.45, 2.75) is 6.92 Å². The van der Waals surface area contributed by atoms with E-state index in [9.17, 15) is 9.90 Å². The first-order chi connectivity index (χ1) is 10.6. The Morgan fingerprint density at radius 2 is 2.05 bits per heavy atom. The van der Waals surface area contributed by atoms with E-state index in [0.29, 0.717) is 5.56 Å². The fraction of sp³-hybridized carbons (Fsp3) is 0.0667. The second-order valence-electron chi connectivity index (χ2n) is 4.68. The number of fused-ring (bicyclic) bond motifs is 1. The van der Waals surface area contributed by atoms with Crippen LogP contribution in [0.3, 0.4) is 0 Å². The van der Waals surface area contributed by atoms with Crippen LogP contribution in [-0.4, -0.2) is 26.5 Å². The van der Waals surface area contributed by atoms with E-state index in [1.807, 2.05) is 30.3 Å². The molecule has 7 heteroatoms. The molecule has 3 N–H and O–H groups in total. The number of aromatic hydroxyl groups is 1. The number of H-pyrrole nitrogens is 1. The second-order valence-corrected chi connectivity index (χ2v) is 4.68. The van der Waals surface area contributed by atoms with E-state index < -0.39 is 0 Å². The van der Waals surface area contributed by atoms with E-state index in [1.165, 1.54) is 6.21 Å². The van der Waals surface area contributed by atoms with Gasteiger partial charge in [-0.1, -0.05) is 30.3 Å². The smallest absolute Gasteiger partial charge is 0.274 e. The zero-order valence-corrected chi connectivity index (χ0v) is 11.7. The number of aromatic amines is 1. The molecule has 3 rings (SSSR count). The Kier molecular flexibility index (Phi) is 3.53. The predicted octanol–water partition coefficient (Wildman–Crippen LogP) is 1.78. The molecule has 0 aliphatic rings. The lowest BCUT2D eigenvalue weighted by atomic mass is 10.0. The van der Waals surface area contributed by atoms with Gasteiger partial charge in [0.25, 0.3) is 5.56 Å². The van der Waals surface area contributed by atoms with E-state index in [0.717, 1.165) is 10.8 Å². The van der Waals surface area contributed by atoms with Gasteiger partial charge in [-0.2, -0.15) is 5.10 Å². The van der Waals surface area contributed by atoms with Gasteiger partial charge in [-0.3, -0.25) is 9.78 Å². The fourth-order valence-electron chi connectivity index (χ4n) is 2.02. The molecular formula is C15H13N5O2.